The first-order valence-corrected chi connectivity index (χ1v) is 6.64. The van der Waals surface area contributed by atoms with Crippen LogP contribution in [0.2, 0.25) is 0 Å². The van der Waals surface area contributed by atoms with Gasteiger partial charge in [0.2, 0.25) is 0 Å². The molecule has 1 aromatic heterocycles. The Morgan fingerprint density at radius 3 is 2.67 bits per heavy atom. The predicted molar refractivity (Wildman–Crippen MR) is 66.1 cm³/mol. The number of likely N-dealkylation sites (N-methyl/N-ethyl adjacent to an activating group) is 1. The van der Waals surface area contributed by atoms with Gasteiger partial charge in [-0.2, -0.15) is 11.3 Å². The fourth-order valence-electron chi connectivity index (χ4n) is 2.37. The summed E-state index contributed by atoms with van der Waals surface area (Å²) >= 11 is 1.76. The Morgan fingerprint density at radius 1 is 1.53 bits per heavy atom. The summed E-state index contributed by atoms with van der Waals surface area (Å²) in [6, 6.07) is 3.54. The maximum atomic E-state index is 6.11. The number of hydrogen-bond donors (Lipinski definition) is 1. The molecule has 1 fully saturated rings. The van der Waals surface area contributed by atoms with E-state index in [4.69, 9.17) is 5.73 Å². The van der Waals surface area contributed by atoms with Crippen LogP contribution in [0, 0.1) is 0 Å². The second-order valence-electron chi connectivity index (χ2n) is 4.61. The molecular formula is C12H20N2S. The van der Waals surface area contributed by atoms with Crippen LogP contribution in [0.25, 0.3) is 0 Å². The number of nitrogens with two attached hydrogens (primary N) is 1. The lowest BCUT2D eigenvalue weighted by molar-refractivity contribution is 0.0982. The van der Waals surface area contributed by atoms with Crippen LogP contribution < -0.4 is 5.73 Å². The molecule has 1 aliphatic rings. The van der Waals surface area contributed by atoms with Gasteiger partial charge in [0.15, 0.2) is 0 Å². The van der Waals surface area contributed by atoms with Crippen LogP contribution in [0.4, 0.5) is 0 Å². The van der Waals surface area contributed by atoms with Crippen molar-refractivity contribution in [3.8, 4) is 0 Å². The molecule has 15 heavy (non-hydrogen) atoms. The van der Waals surface area contributed by atoms with E-state index in [1.165, 1.54) is 24.8 Å². The highest BCUT2D eigenvalue weighted by Crippen LogP contribution is 2.32. The summed E-state index contributed by atoms with van der Waals surface area (Å²) in [5, 5.41) is 4.36. The van der Waals surface area contributed by atoms with Crippen molar-refractivity contribution in [1.29, 1.82) is 0 Å². The maximum absolute atomic E-state index is 6.11. The molecule has 0 aromatic carbocycles. The molecular weight excluding hydrogens is 204 g/mol. The molecule has 0 radical (unpaired) electrons. The molecule has 0 bridgehead atoms. The summed E-state index contributed by atoms with van der Waals surface area (Å²) in [6.45, 7) is 2.11. The van der Waals surface area contributed by atoms with Crippen LogP contribution in [0.15, 0.2) is 16.8 Å². The monoisotopic (exact) mass is 224 g/mol. The third-order valence-corrected chi connectivity index (χ3v) is 4.17. The largest absolute Gasteiger partial charge is 0.326 e. The van der Waals surface area contributed by atoms with Gasteiger partial charge in [0.25, 0.3) is 0 Å². The van der Waals surface area contributed by atoms with Gasteiger partial charge >= 0.3 is 0 Å². The van der Waals surface area contributed by atoms with Gasteiger partial charge in [-0.25, -0.2) is 0 Å². The first-order chi connectivity index (χ1) is 7.20. The van der Waals surface area contributed by atoms with Crippen molar-refractivity contribution in [1.82, 2.24) is 4.90 Å². The van der Waals surface area contributed by atoms with Gasteiger partial charge in [0.05, 0.1) is 6.04 Å². The zero-order chi connectivity index (χ0) is 10.8. The molecule has 2 nitrogen and oxygen atoms in total. The quantitative estimate of drug-likeness (QED) is 0.852. The maximum Gasteiger partial charge on any atom is 0.0504 e. The molecule has 2 N–H and O–H groups in total. The van der Waals surface area contributed by atoms with E-state index in [2.05, 4.69) is 35.7 Å². The second-order valence-corrected chi connectivity index (χ2v) is 5.39. The molecule has 84 valence electrons. The van der Waals surface area contributed by atoms with Crippen LogP contribution in [0.3, 0.4) is 0 Å². The van der Waals surface area contributed by atoms with E-state index in [0.717, 1.165) is 6.04 Å². The van der Waals surface area contributed by atoms with E-state index < -0.39 is 0 Å². The van der Waals surface area contributed by atoms with E-state index in [9.17, 15) is 0 Å². The summed E-state index contributed by atoms with van der Waals surface area (Å²) in [7, 11) is 2.22. The summed E-state index contributed by atoms with van der Waals surface area (Å²) < 4.78 is 0. The third kappa shape index (κ3) is 2.25. The zero-order valence-electron chi connectivity index (χ0n) is 9.52. The van der Waals surface area contributed by atoms with Crippen molar-refractivity contribution in [3.63, 3.8) is 0 Å². The fourth-order valence-corrected chi connectivity index (χ4v) is 3.06. The van der Waals surface area contributed by atoms with Crippen molar-refractivity contribution in [2.24, 2.45) is 5.73 Å². The van der Waals surface area contributed by atoms with Gasteiger partial charge in [-0.15, -0.1) is 0 Å². The number of hydrogen-bond acceptors (Lipinski definition) is 3. The highest BCUT2D eigenvalue weighted by atomic mass is 32.1. The average Bonchev–Trinajstić information content (AvgIpc) is 2.52. The number of nitrogens with zero attached hydrogens (tertiary/aromatic N) is 1. The molecule has 3 heteroatoms. The Balaban J connectivity index is 2.12. The summed E-state index contributed by atoms with van der Waals surface area (Å²) in [5.41, 5.74) is 7.49. The van der Waals surface area contributed by atoms with Gasteiger partial charge in [0, 0.05) is 12.1 Å². The van der Waals surface area contributed by atoms with E-state index in [0.29, 0.717) is 6.04 Å². The lowest BCUT2D eigenvalue weighted by atomic mass is 9.89. The molecule has 1 heterocycles. The molecule has 1 aliphatic carbocycles. The molecule has 1 saturated carbocycles. The lowest BCUT2D eigenvalue weighted by Gasteiger charge is -2.41. The lowest BCUT2D eigenvalue weighted by Crippen LogP contribution is -2.45. The standard InChI is InChI=1S/C12H20N2S/c1-9(13)12(10-6-7-15-8-10)14(2)11-4-3-5-11/h6-9,11-12H,3-5,13H2,1-2H3. The van der Waals surface area contributed by atoms with Gasteiger partial charge in [-0.3, -0.25) is 4.90 Å². The molecule has 0 aliphatic heterocycles. The Labute approximate surface area is 96.1 Å². The second kappa shape index (κ2) is 4.64. The first-order valence-electron chi connectivity index (χ1n) is 5.69. The highest BCUT2D eigenvalue weighted by molar-refractivity contribution is 7.07. The Bertz CT molecular complexity index is 291. The van der Waals surface area contributed by atoms with Crippen molar-refractivity contribution in [2.45, 2.75) is 44.3 Å². The smallest absolute Gasteiger partial charge is 0.0504 e. The molecule has 2 unspecified atom stereocenters. The van der Waals surface area contributed by atoms with Gasteiger partial charge in [0.1, 0.15) is 0 Å². The van der Waals surface area contributed by atoms with E-state index >= 15 is 0 Å². The minimum absolute atomic E-state index is 0.199. The van der Waals surface area contributed by atoms with Crippen molar-refractivity contribution >= 4 is 11.3 Å². The number of thiophene rings is 1. The predicted octanol–water partition coefficient (Wildman–Crippen LogP) is 2.62. The average molecular weight is 224 g/mol. The summed E-state index contributed by atoms with van der Waals surface area (Å²) in [6.07, 6.45) is 4.05. The van der Waals surface area contributed by atoms with Crippen molar-refractivity contribution in [2.75, 3.05) is 7.05 Å². The molecule has 2 atom stereocenters. The van der Waals surface area contributed by atoms with Crippen LogP contribution in [-0.4, -0.2) is 24.0 Å². The molecule has 0 amide bonds. The highest BCUT2D eigenvalue weighted by Gasteiger charge is 2.30. The molecule has 1 aromatic rings. The van der Waals surface area contributed by atoms with Crippen LogP contribution in [0.1, 0.15) is 37.8 Å². The topological polar surface area (TPSA) is 29.3 Å². The van der Waals surface area contributed by atoms with Crippen molar-refractivity contribution < 1.29 is 0 Å². The van der Waals surface area contributed by atoms with Crippen LogP contribution in [0.5, 0.6) is 0 Å². The molecule has 0 spiro atoms. The third-order valence-electron chi connectivity index (χ3n) is 3.47. The van der Waals surface area contributed by atoms with Gasteiger partial charge in [-0.05, 0) is 49.2 Å². The Hall–Kier alpha value is -0.380. The fraction of sp³-hybridized carbons (Fsp3) is 0.667. The Kier molecular flexibility index (Phi) is 3.44. The molecule has 2 rings (SSSR count). The van der Waals surface area contributed by atoms with Crippen molar-refractivity contribution in [3.05, 3.63) is 22.4 Å². The molecule has 0 saturated heterocycles. The van der Waals surface area contributed by atoms with Crippen LogP contribution in [-0.2, 0) is 0 Å². The summed E-state index contributed by atoms with van der Waals surface area (Å²) in [4.78, 5) is 2.47. The van der Waals surface area contributed by atoms with E-state index in [1.807, 2.05) is 0 Å². The minimum Gasteiger partial charge on any atom is -0.326 e. The van der Waals surface area contributed by atoms with E-state index in [1.54, 1.807) is 11.3 Å². The van der Waals surface area contributed by atoms with Gasteiger partial charge < -0.3 is 5.73 Å². The van der Waals surface area contributed by atoms with Gasteiger partial charge in [-0.1, -0.05) is 6.42 Å². The first kappa shape index (κ1) is 11.1. The SMILES string of the molecule is CC(N)C(c1ccsc1)N(C)C1CCC1. The summed E-state index contributed by atoms with van der Waals surface area (Å²) in [5.74, 6) is 0. The minimum atomic E-state index is 0.199. The van der Waals surface area contributed by atoms with Crippen LogP contribution >= 0.6 is 11.3 Å². The number of rotatable bonds is 4. The Morgan fingerprint density at radius 2 is 2.27 bits per heavy atom. The zero-order valence-corrected chi connectivity index (χ0v) is 10.3. The normalized spacial score (nSPS) is 21.3. The van der Waals surface area contributed by atoms with E-state index in [-0.39, 0.29) is 6.04 Å².